The lowest BCUT2D eigenvalue weighted by Gasteiger charge is -2.34. The van der Waals surface area contributed by atoms with E-state index in [0.717, 1.165) is 107 Å². The van der Waals surface area contributed by atoms with Crippen LogP contribution in [-0.2, 0) is 16.1 Å². The van der Waals surface area contributed by atoms with Crippen molar-refractivity contribution in [3.63, 3.8) is 0 Å². The molecule has 2 aromatic rings. The second-order valence-electron chi connectivity index (χ2n) is 10.4. The fraction of sp³-hybridized carbons (Fsp3) is 0.643. The van der Waals surface area contributed by atoms with E-state index >= 15 is 0 Å². The molecular formula is C28H40N4O3. The highest BCUT2D eigenvalue weighted by Gasteiger charge is 2.32. The molecule has 2 saturated heterocycles. The zero-order chi connectivity index (χ0) is 24.0. The van der Waals surface area contributed by atoms with E-state index in [1.54, 1.807) is 0 Å². The Hall–Kier alpha value is -2.38. The maximum absolute atomic E-state index is 13.8. The van der Waals surface area contributed by atoms with Gasteiger partial charge in [-0.1, -0.05) is 48.3 Å². The van der Waals surface area contributed by atoms with Crippen molar-refractivity contribution in [3.8, 4) is 11.3 Å². The van der Waals surface area contributed by atoms with E-state index in [-0.39, 0.29) is 5.92 Å². The van der Waals surface area contributed by atoms with E-state index in [9.17, 15) is 4.79 Å². The number of carbonyl (C=O) groups is 1. The van der Waals surface area contributed by atoms with E-state index in [4.69, 9.17) is 9.26 Å². The molecule has 1 atom stereocenters. The number of benzene rings is 1. The van der Waals surface area contributed by atoms with Crippen molar-refractivity contribution in [2.24, 2.45) is 5.92 Å². The van der Waals surface area contributed by atoms with Gasteiger partial charge in [0.15, 0.2) is 0 Å². The van der Waals surface area contributed by atoms with Crippen molar-refractivity contribution in [2.45, 2.75) is 64.5 Å². The van der Waals surface area contributed by atoms with Crippen LogP contribution in [0.1, 0.15) is 57.4 Å². The van der Waals surface area contributed by atoms with Gasteiger partial charge in [0, 0.05) is 50.2 Å². The van der Waals surface area contributed by atoms with E-state index in [1.807, 2.05) is 18.2 Å². The monoisotopic (exact) mass is 480 g/mol. The maximum atomic E-state index is 13.8. The number of hydrogen-bond acceptors (Lipinski definition) is 6. The van der Waals surface area contributed by atoms with Gasteiger partial charge in [-0.25, -0.2) is 0 Å². The first kappa shape index (κ1) is 24.3. The predicted octanol–water partition coefficient (Wildman–Crippen LogP) is 4.57. The van der Waals surface area contributed by atoms with Crippen LogP contribution in [0.3, 0.4) is 0 Å². The molecule has 5 rings (SSSR count). The normalized spacial score (nSPS) is 22.0. The largest absolute Gasteiger partial charge is 0.379 e. The molecule has 1 aliphatic carbocycles. The lowest BCUT2D eigenvalue weighted by Crippen LogP contribution is -2.44. The van der Waals surface area contributed by atoms with Gasteiger partial charge in [-0.3, -0.25) is 9.69 Å². The second kappa shape index (κ2) is 11.6. The molecule has 35 heavy (non-hydrogen) atoms. The molecule has 0 bridgehead atoms. The Balaban J connectivity index is 1.45. The van der Waals surface area contributed by atoms with Crippen LogP contribution in [0.5, 0.6) is 0 Å². The highest BCUT2D eigenvalue weighted by molar-refractivity contribution is 5.80. The molecule has 1 aromatic heterocycles. The van der Waals surface area contributed by atoms with Gasteiger partial charge >= 0.3 is 0 Å². The van der Waals surface area contributed by atoms with Crippen LogP contribution in [0.2, 0.25) is 0 Å². The number of piperidine rings is 1. The van der Waals surface area contributed by atoms with Gasteiger partial charge in [-0.2, -0.15) is 0 Å². The summed E-state index contributed by atoms with van der Waals surface area (Å²) in [5, 5.41) is 4.57. The fourth-order valence-electron chi connectivity index (χ4n) is 5.87. The summed E-state index contributed by atoms with van der Waals surface area (Å²) in [5.41, 5.74) is 2.97. The van der Waals surface area contributed by atoms with Crippen molar-refractivity contribution in [1.82, 2.24) is 15.0 Å². The number of rotatable bonds is 8. The molecule has 3 heterocycles. The predicted molar refractivity (Wildman–Crippen MR) is 137 cm³/mol. The third kappa shape index (κ3) is 5.72. The molecule has 7 nitrogen and oxygen atoms in total. The number of aromatic nitrogens is 1. The van der Waals surface area contributed by atoms with Crippen molar-refractivity contribution in [3.05, 3.63) is 35.9 Å². The zero-order valence-corrected chi connectivity index (χ0v) is 21.2. The third-order valence-corrected chi connectivity index (χ3v) is 8.03. The lowest BCUT2D eigenvalue weighted by molar-refractivity contribution is -0.136. The minimum Gasteiger partial charge on any atom is -0.379 e. The van der Waals surface area contributed by atoms with Crippen molar-refractivity contribution in [2.75, 3.05) is 50.8 Å². The molecule has 1 aromatic carbocycles. The summed E-state index contributed by atoms with van der Waals surface area (Å²) in [6.07, 6.45) is 7.91. The molecule has 190 valence electrons. The molecule has 0 N–H and O–H groups in total. The summed E-state index contributed by atoms with van der Waals surface area (Å²) >= 11 is 0. The first-order valence-corrected chi connectivity index (χ1v) is 13.6. The topological polar surface area (TPSA) is 62.1 Å². The molecule has 0 spiro atoms. The number of anilines is 1. The molecule has 3 aliphatic rings. The summed E-state index contributed by atoms with van der Waals surface area (Å²) in [7, 11) is 0. The average Bonchev–Trinajstić information content (AvgIpc) is 3.58. The maximum Gasteiger partial charge on any atom is 0.233 e. The molecule has 0 radical (unpaired) electrons. The molecule has 1 unspecified atom stereocenters. The van der Waals surface area contributed by atoms with Gasteiger partial charge in [-0.05, 0) is 39.0 Å². The van der Waals surface area contributed by atoms with Gasteiger partial charge in [-0.15, -0.1) is 0 Å². The Morgan fingerprint density at radius 3 is 2.51 bits per heavy atom. The molecular weight excluding hydrogens is 440 g/mol. The molecule has 1 amide bonds. The SMILES string of the molecule is CC1CCCCN1c1onc(-c2ccccc2)c1CN(CCN1CCOCC1)C(=O)C1CCCC1. The van der Waals surface area contributed by atoms with Crippen LogP contribution in [0.4, 0.5) is 5.88 Å². The highest BCUT2D eigenvalue weighted by atomic mass is 16.5. The minimum absolute atomic E-state index is 0.150. The van der Waals surface area contributed by atoms with Crippen LogP contribution >= 0.6 is 0 Å². The van der Waals surface area contributed by atoms with E-state index in [1.165, 1.54) is 6.42 Å². The highest BCUT2D eigenvalue weighted by Crippen LogP contribution is 2.36. The Kier molecular flexibility index (Phi) is 8.04. The number of morpholine rings is 1. The number of ether oxygens (including phenoxy) is 1. The van der Waals surface area contributed by atoms with Crippen LogP contribution in [0, 0.1) is 5.92 Å². The standard InChI is InChI=1S/C28H40N4O3/c1-22-9-7-8-14-32(22)28-25(26(29-35-28)23-10-3-2-4-11-23)21-31(27(33)24-12-5-6-13-24)16-15-30-17-19-34-20-18-30/h2-4,10-11,22,24H,5-9,12-21H2,1H3. The van der Waals surface area contributed by atoms with Gasteiger partial charge in [0.2, 0.25) is 11.8 Å². The smallest absolute Gasteiger partial charge is 0.233 e. The summed E-state index contributed by atoms with van der Waals surface area (Å²) < 4.78 is 11.6. The summed E-state index contributed by atoms with van der Waals surface area (Å²) in [6.45, 7) is 8.82. The first-order chi connectivity index (χ1) is 17.2. The molecule has 2 aliphatic heterocycles. The van der Waals surface area contributed by atoms with Crippen LogP contribution in [-0.4, -0.2) is 72.8 Å². The lowest BCUT2D eigenvalue weighted by atomic mass is 10.0. The molecule has 3 fully saturated rings. The third-order valence-electron chi connectivity index (χ3n) is 8.03. The van der Waals surface area contributed by atoms with Gasteiger partial charge in [0.05, 0.1) is 25.3 Å². The number of nitrogens with zero attached hydrogens (tertiary/aromatic N) is 4. The van der Waals surface area contributed by atoms with Gasteiger partial charge < -0.3 is 19.1 Å². The summed E-state index contributed by atoms with van der Waals surface area (Å²) in [6, 6.07) is 10.7. The molecule has 1 saturated carbocycles. The van der Waals surface area contributed by atoms with Crippen LogP contribution in [0.25, 0.3) is 11.3 Å². The Morgan fingerprint density at radius 1 is 1.03 bits per heavy atom. The number of amides is 1. The van der Waals surface area contributed by atoms with E-state index in [0.29, 0.717) is 18.5 Å². The number of hydrogen-bond donors (Lipinski definition) is 0. The van der Waals surface area contributed by atoms with Crippen LogP contribution < -0.4 is 4.90 Å². The van der Waals surface area contributed by atoms with Crippen molar-refractivity contribution < 1.29 is 14.1 Å². The fourth-order valence-corrected chi connectivity index (χ4v) is 5.87. The minimum atomic E-state index is 0.150. The zero-order valence-electron chi connectivity index (χ0n) is 21.2. The number of carbonyl (C=O) groups excluding carboxylic acids is 1. The van der Waals surface area contributed by atoms with E-state index < -0.39 is 0 Å². The van der Waals surface area contributed by atoms with Crippen LogP contribution in [0.15, 0.2) is 34.9 Å². The van der Waals surface area contributed by atoms with Crippen molar-refractivity contribution in [1.29, 1.82) is 0 Å². The average molecular weight is 481 g/mol. The van der Waals surface area contributed by atoms with Crippen molar-refractivity contribution >= 4 is 11.8 Å². The molecule has 7 heteroatoms. The second-order valence-corrected chi connectivity index (χ2v) is 10.4. The Labute approximate surface area is 209 Å². The Morgan fingerprint density at radius 2 is 1.77 bits per heavy atom. The first-order valence-electron chi connectivity index (χ1n) is 13.6. The quantitative estimate of drug-likeness (QED) is 0.552. The van der Waals surface area contributed by atoms with E-state index in [2.05, 4.69) is 38.9 Å². The Bertz CT molecular complexity index is 950. The van der Waals surface area contributed by atoms with Gasteiger partial charge in [0.25, 0.3) is 0 Å². The summed E-state index contributed by atoms with van der Waals surface area (Å²) in [5.74, 6) is 1.30. The van der Waals surface area contributed by atoms with Gasteiger partial charge in [0.1, 0.15) is 5.69 Å². The summed E-state index contributed by atoms with van der Waals surface area (Å²) in [4.78, 5) is 20.6.